The first-order chi connectivity index (χ1) is 10.8. The third kappa shape index (κ3) is 4.67. The van der Waals surface area contributed by atoms with Gasteiger partial charge in [-0.3, -0.25) is 4.79 Å². The molecule has 1 aromatic carbocycles. The highest BCUT2D eigenvalue weighted by atomic mass is 16.2. The first-order valence-corrected chi connectivity index (χ1v) is 7.45. The van der Waals surface area contributed by atoms with Gasteiger partial charge in [0, 0.05) is 30.9 Å². The fourth-order valence-corrected chi connectivity index (χ4v) is 1.76. The van der Waals surface area contributed by atoms with E-state index in [0.29, 0.717) is 11.6 Å². The number of benzene rings is 1. The second kappa shape index (κ2) is 6.64. The van der Waals surface area contributed by atoms with Gasteiger partial charge >= 0.3 is 0 Å². The molecule has 0 aliphatic carbocycles. The minimum Gasteiger partial charge on any atom is -0.378 e. The van der Waals surface area contributed by atoms with Crippen molar-refractivity contribution in [1.82, 2.24) is 10.2 Å². The topological polar surface area (TPSA) is 70.2 Å². The predicted octanol–water partition coefficient (Wildman–Crippen LogP) is 3.27. The Morgan fingerprint density at radius 2 is 1.52 bits per heavy atom. The zero-order chi connectivity index (χ0) is 17.0. The summed E-state index contributed by atoms with van der Waals surface area (Å²) in [5.74, 6) is 0.974. The van der Waals surface area contributed by atoms with Crippen LogP contribution in [0.4, 0.5) is 23.0 Å². The summed E-state index contributed by atoms with van der Waals surface area (Å²) in [5, 5.41) is 14.0. The number of carbonyl (C=O) groups is 1. The molecule has 6 nitrogen and oxygen atoms in total. The number of aromatic nitrogens is 2. The van der Waals surface area contributed by atoms with Crippen molar-refractivity contribution in [3.63, 3.8) is 0 Å². The van der Waals surface area contributed by atoms with Crippen LogP contribution in [0.5, 0.6) is 0 Å². The Balaban J connectivity index is 2.01. The minimum atomic E-state index is -0.465. The van der Waals surface area contributed by atoms with Crippen LogP contribution in [0.2, 0.25) is 0 Å². The molecule has 0 aliphatic rings. The lowest BCUT2D eigenvalue weighted by Gasteiger charge is -2.17. The molecule has 0 aliphatic heterocycles. The number of anilines is 4. The van der Waals surface area contributed by atoms with Crippen LogP contribution in [0.15, 0.2) is 36.4 Å². The summed E-state index contributed by atoms with van der Waals surface area (Å²) < 4.78 is 0. The third-order valence-corrected chi connectivity index (χ3v) is 3.24. The molecule has 0 saturated carbocycles. The van der Waals surface area contributed by atoms with Crippen molar-refractivity contribution in [2.24, 2.45) is 5.41 Å². The van der Waals surface area contributed by atoms with E-state index in [-0.39, 0.29) is 5.91 Å². The van der Waals surface area contributed by atoms with E-state index in [9.17, 15) is 4.79 Å². The van der Waals surface area contributed by atoms with Crippen LogP contribution >= 0.6 is 0 Å². The van der Waals surface area contributed by atoms with Gasteiger partial charge in [0.15, 0.2) is 11.6 Å². The second-order valence-corrected chi connectivity index (χ2v) is 6.57. The highest BCUT2D eigenvalue weighted by Gasteiger charge is 2.21. The van der Waals surface area contributed by atoms with Gasteiger partial charge in [0.05, 0.1) is 0 Å². The van der Waals surface area contributed by atoms with Gasteiger partial charge in [0.2, 0.25) is 5.91 Å². The number of hydrogen-bond acceptors (Lipinski definition) is 5. The maximum Gasteiger partial charge on any atom is 0.230 e. The van der Waals surface area contributed by atoms with Crippen LogP contribution in [0.25, 0.3) is 0 Å². The maximum atomic E-state index is 11.9. The standard InChI is InChI=1S/C17H23N5O/c1-17(2,3)16(23)19-15-11-10-14(20-21-15)18-12-6-8-13(9-7-12)22(4)5/h6-11H,1-5H3,(H,18,20)(H,19,21,23). The Morgan fingerprint density at radius 1 is 0.957 bits per heavy atom. The normalized spacial score (nSPS) is 11.0. The van der Waals surface area contributed by atoms with Gasteiger partial charge in [-0.2, -0.15) is 0 Å². The van der Waals surface area contributed by atoms with Gasteiger partial charge in [-0.15, -0.1) is 10.2 Å². The summed E-state index contributed by atoms with van der Waals surface area (Å²) in [6, 6.07) is 11.5. The third-order valence-electron chi connectivity index (χ3n) is 3.24. The molecule has 1 aromatic heterocycles. The lowest BCUT2D eigenvalue weighted by molar-refractivity contribution is -0.123. The molecule has 0 spiro atoms. The smallest absolute Gasteiger partial charge is 0.230 e. The van der Waals surface area contributed by atoms with Crippen molar-refractivity contribution < 1.29 is 4.79 Å². The lowest BCUT2D eigenvalue weighted by Crippen LogP contribution is -2.28. The molecule has 0 unspecified atom stereocenters. The largest absolute Gasteiger partial charge is 0.378 e. The van der Waals surface area contributed by atoms with E-state index in [1.54, 1.807) is 12.1 Å². The number of carbonyl (C=O) groups excluding carboxylic acids is 1. The monoisotopic (exact) mass is 313 g/mol. The van der Waals surface area contributed by atoms with Gasteiger partial charge in [-0.1, -0.05) is 20.8 Å². The van der Waals surface area contributed by atoms with Crippen LogP contribution in [0, 0.1) is 5.41 Å². The van der Waals surface area contributed by atoms with E-state index in [0.717, 1.165) is 11.4 Å². The Hall–Kier alpha value is -2.63. The molecule has 2 rings (SSSR count). The quantitative estimate of drug-likeness (QED) is 0.906. The highest BCUT2D eigenvalue weighted by Crippen LogP contribution is 2.20. The molecule has 0 radical (unpaired) electrons. The summed E-state index contributed by atoms with van der Waals surface area (Å²) in [4.78, 5) is 13.9. The molecule has 0 atom stereocenters. The van der Waals surface area contributed by atoms with Crippen LogP contribution in [0.1, 0.15) is 20.8 Å². The van der Waals surface area contributed by atoms with Crippen LogP contribution in [0.3, 0.4) is 0 Å². The van der Waals surface area contributed by atoms with Crippen molar-refractivity contribution in [1.29, 1.82) is 0 Å². The molecule has 2 aromatic rings. The number of hydrogen-bond donors (Lipinski definition) is 2. The van der Waals surface area contributed by atoms with E-state index in [1.807, 2.05) is 64.0 Å². The molecule has 1 amide bonds. The van der Waals surface area contributed by atoms with Crippen LogP contribution in [-0.4, -0.2) is 30.2 Å². The molecular formula is C17H23N5O. The molecule has 0 saturated heterocycles. The van der Waals surface area contributed by atoms with Crippen molar-refractivity contribution in [3.05, 3.63) is 36.4 Å². The Morgan fingerprint density at radius 3 is 2.00 bits per heavy atom. The van der Waals surface area contributed by atoms with Gasteiger partial charge in [-0.05, 0) is 36.4 Å². The summed E-state index contributed by atoms with van der Waals surface area (Å²) in [6.45, 7) is 5.55. The SMILES string of the molecule is CN(C)c1ccc(Nc2ccc(NC(=O)C(C)(C)C)nn2)cc1. The fraction of sp³-hybridized carbons (Fsp3) is 0.353. The van der Waals surface area contributed by atoms with Crippen LogP contribution < -0.4 is 15.5 Å². The zero-order valence-corrected chi connectivity index (χ0v) is 14.2. The molecule has 1 heterocycles. The number of nitrogens with one attached hydrogen (secondary N) is 2. The highest BCUT2D eigenvalue weighted by molar-refractivity contribution is 5.93. The number of nitrogens with zero attached hydrogens (tertiary/aromatic N) is 3. The van der Waals surface area contributed by atoms with Crippen LogP contribution in [-0.2, 0) is 4.79 Å². The van der Waals surface area contributed by atoms with E-state index in [1.165, 1.54) is 0 Å². The Labute approximate surface area is 136 Å². The maximum absolute atomic E-state index is 11.9. The van der Waals surface area contributed by atoms with E-state index in [4.69, 9.17) is 0 Å². The lowest BCUT2D eigenvalue weighted by atomic mass is 9.96. The van der Waals surface area contributed by atoms with Gasteiger partial charge in [-0.25, -0.2) is 0 Å². The second-order valence-electron chi connectivity index (χ2n) is 6.57. The summed E-state index contributed by atoms with van der Waals surface area (Å²) in [7, 11) is 4.00. The van der Waals surface area contributed by atoms with E-state index in [2.05, 4.69) is 20.8 Å². The average Bonchev–Trinajstić information content (AvgIpc) is 2.49. The Kier molecular flexibility index (Phi) is 4.83. The van der Waals surface area contributed by atoms with Crippen molar-refractivity contribution >= 4 is 28.9 Å². The summed E-state index contributed by atoms with van der Waals surface area (Å²) >= 11 is 0. The molecule has 6 heteroatoms. The summed E-state index contributed by atoms with van der Waals surface area (Å²) in [6.07, 6.45) is 0. The molecule has 122 valence electrons. The van der Waals surface area contributed by atoms with E-state index >= 15 is 0 Å². The average molecular weight is 313 g/mol. The Bertz CT molecular complexity index is 657. The van der Waals surface area contributed by atoms with Crippen molar-refractivity contribution in [3.8, 4) is 0 Å². The fourth-order valence-electron chi connectivity index (χ4n) is 1.76. The minimum absolute atomic E-state index is 0.0909. The first-order valence-electron chi connectivity index (χ1n) is 7.45. The van der Waals surface area contributed by atoms with E-state index < -0.39 is 5.41 Å². The van der Waals surface area contributed by atoms with Crippen molar-refractivity contribution in [2.45, 2.75) is 20.8 Å². The van der Waals surface area contributed by atoms with Gasteiger partial charge < -0.3 is 15.5 Å². The zero-order valence-electron chi connectivity index (χ0n) is 14.2. The van der Waals surface area contributed by atoms with Gasteiger partial charge in [0.1, 0.15) is 0 Å². The molecule has 23 heavy (non-hydrogen) atoms. The molecule has 2 N–H and O–H groups in total. The number of amides is 1. The number of rotatable bonds is 4. The first kappa shape index (κ1) is 16.7. The molecular weight excluding hydrogens is 290 g/mol. The molecule has 0 bridgehead atoms. The van der Waals surface area contributed by atoms with Crippen molar-refractivity contribution in [2.75, 3.05) is 29.6 Å². The summed E-state index contributed by atoms with van der Waals surface area (Å²) in [5.41, 5.74) is 1.59. The predicted molar refractivity (Wildman–Crippen MR) is 94.2 cm³/mol. The van der Waals surface area contributed by atoms with Gasteiger partial charge in [0.25, 0.3) is 0 Å². The molecule has 0 fully saturated rings.